The smallest absolute Gasteiger partial charge is 0.143 e. The van der Waals surface area contributed by atoms with Gasteiger partial charge in [-0.25, -0.2) is 0 Å². The summed E-state index contributed by atoms with van der Waals surface area (Å²) in [5.41, 5.74) is 11.5. The molecule has 0 radical (unpaired) electrons. The van der Waals surface area contributed by atoms with Gasteiger partial charge in [0.15, 0.2) is 0 Å². The van der Waals surface area contributed by atoms with Gasteiger partial charge in [-0.1, -0.05) is 151 Å². The average Bonchev–Trinajstić information content (AvgIpc) is 3.78. The van der Waals surface area contributed by atoms with E-state index < -0.39 is 0 Å². The fourth-order valence-electron chi connectivity index (χ4n) is 10.1. The molecule has 0 unspecified atom stereocenters. The van der Waals surface area contributed by atoms with Crippen molar-refractivity contribution in [1.82, 2.24) is 0 Å². The summed E-state index contributed by atoms with van der Waals surface area (Å²) < 4.78 is 13.4. The van der Waals surface area contributed by atoms with Crippen LogP contribution in [0.15, 0.2) is 142 Å². The van der Waals surface area contributed by atoms with E-state index in [0.29, 0.717) is 0 Å². The van der Waals surface area contributed by atoms with E-state index in [9.17, 15) is 0 Å². The van der Waals surface area contributed by atoms with Crippen LogP contribution < -0.4 is 0 Å². The molecule has 0 bridgehead atoms. The van der Waals surface area contributed by atoms with Crippen molar-refractivity contribution in [3.63, 3.8) is 0 Å². The van der Waals surface area contributed by atoms with Gasteiger partial charge >= 0.3 is 0 Å². The molecule has 11 rings (SSSR count). The topological polar surface area (TPSA) is 26.3 Å². The second-order valence-electron chi connectivity index (χ2n) is 16.8. The van der Waals surface area contributed by atoms with Gasteiger partial charge in [0.05, 0.1) is 0 Å². The zero-order valence-electron chi connectivity index (χ0n) is 31.0. The van der Waals surface area contributed by atoms with Gasteiger partial charge in [0.2, 0.25) is 0 Å². The standard InChI is InChI=1S/C51H40O2/c1-49(2)38-25-23-30(28-39(38)50(3,4)51(49,5)6)43-31-15-7-9-17-33(31)45(34-18-10-8-16-32(34)43)37-27-29-24-26-42-46(35-19-11-13-21-40(35)52-42)44(29)47-36-20-12-14-22-41(36)53-48(37)47/h7-28H,1-6H3. The van der Waals surface area contributed by atoms with Crippen LogP contribution in [0.2, 0.25) is 0 Å². The number of para-hydroxylation sites is 2. The molecule has 256 valence electrons. The Morgan fingerprint density at radius 2 is 0.925 bits per heavy atom. The van der Waals surface area contributed by atoms with Crippen molar-refractivity contribution < 1.29 is 8.83 Å². The molecule has 1 aliphatic rings. The van der Waals surface area contributed by atoms with E-state index in [2.05, 4.69) is 169 Å². The van der Waals surface area contributed by atoms with Crippen LogP contribution in [0.5, 0.6) is 0 Å². The highest BCUT2D eigenvalue weighted by molar-refractivity contribution is 6.34. The first-order chi connectivity index (χ1) is 25.6. The number of hydrogen-bond acceptors (Lipinski definition) is 2. The van der Waals surface area contributed by atoms with Gasteiger partial charge in [-0.05, 0) is 89.7 Å². The molecule has 0 aliphatic heterocycles. The SMILES string of the molecule is CC1(C)c2ccc(-c3c4ccccc4c(-c4cc5ccc6oc7ccccc7c6c5c5c4oc4ccccc45)c4ccccc34)cc2C(C)(C)C1(C)C. The highest BCUT2D eigenvalue weighted by atomic mass is 16.3. The average molecular weight is 685 g/mol. The van der Waals surface area contributed by atoms with E-state index in [1.165, 1.54) is 60.1 Å². The van der Waals surface area contributed by atoms with Gasteiger partial charge in [-0.15, -0.1) is 0 Å². The third kappa shape index (κ3) is 3.78. The summed E-state index contributed by atoms with van der Waals surface area (Å²) >= 11 is 0. The molecule has 1 aliphatic carbocycles. The molecule has 0 amide bonds. The summed E-state index contributed by atoms with van der Waals surface area (Å²) in [6.45, 7) is 14.6. The van der Waals surface area contributed by atoms with Crippen LogP contribution in [-0.4, -0.2) is 0 Å². The normalized spacial score (nSPS) is 16.2. The fourth-order valence-corrected chi connectivity index (χ4v) is 10.1. The predicted molar refractivity (Wildman–Crippen MR) is 224 cm³/mol. The minimum atomic E-state index is 0.0110. The number of furan rings is 2. The molecule has 2 heterocycles. The molecular formula is C51H40O2. The molecule has 8 aromatic carbocycles. The van der Waals surface area contributed by atoms with Gasteiger partial charge in [-0.2, -0.15) is 0 Å². The maximum atomic E-state index is 6.98. The van der Waals surface area contributed by atoms with Crippen molar-refractivity contribution in [3.8, 4) is 22.3 Å². The van der Waals surface area contributed by atoms with Crippen LogP contribution >= 0.6 is 0 Å². The summed E-state index contributed by atoms with van der Waals surface area (Å²) in [6, 6.07) is 48.8. The summed E-state index contributed by atoms with van der Waals surface area (Å²) in [4.78, 5) is 0. The molecule has 0 fully saturated rings. The third-order valence-electron chi connectivity index (χ3n) is 13.9. The molecular weight excluding hydrogens is 645 g/mol. The quantitative estimate of drug-likeness (QED) is 0.169. The van der Waals surface area contributed by atoms with Gasteiger partial charge < -0.3 is 8.83 Å². The first kappa shape index (κ1) is 30.7. The number of fused-ring (bicyclic) bond motifs is 12. The Morgan fingerprint density at radius 3 is 1.57 bits per heavy atom. The lowest BCUT2D eigenvalue weighted by molar-refractivity contribution is 0.125. The molecule has 2 nitrogen and oxygen atoms in total. The molecule has 0 saturated carbocycles. The second-order valence-corrected chi connectivity index (χ2v) is 16.8. The Kier molecular flexibility index (Phi) is 5.90. The highest BCUT2D eigenvalue weighted by Gasteiger charge is 2.56. The Morgan fingerprint density at radius 1 is 0.396 bits per heavy atom. The van der Waals surface area contributed by atoms with Crippen molar-refractivity contribution in [2.24, 2.45) is 5.41 Å². The second kappa shape index (κ2) is 10.2. The Balaban J connectivity index is 1.28. The van der Waals surface area contributed by atoms with Gasteiger partial charge in [-0.3, -0.25) is 0 Å². The molecule has 0 spiro atoms. The minimum absolute atomic E-state index is 0.0110. The lowest BCUT2D eigenvalue weighted by Crippen LogP contribution is -2.42. The Hall–Kier alpha value is -5.86. The van der Waals surface area contributed by atoms with Crippen molar-refractivity contribution in [3.05, 3.63) is 145 Å². The molecule has 0 atom stereocenters. The van der Waals surface area contributed by atoms with Gasteiger partial charge in [0.25, 0.3) is 0 Å². The number of benzene rings is 8. The van der Waals surface area contributed by atoms with Gasteiger partial charge in [0, 0.05) is 38.1 Å². The Labute approximate surface area is 308 Å². The van der Waals surface area contributed by atoms with E-state index >= 15 is 0 Å². The van der Waals surface area contributed by atoms with Gasteiger partial charge in [0.1, 0.15) is 22.3 Å². The van der Waals surface area contributed by atoms with E-state index in [-0.39, 0.29) is 16.2 Å². The zero-order chi connectivity index (χ0) is 36.0. The van der Waals surface area contributed by atoms with Crippen LogP contribution in [-0.2, 0) is 10.8 Å². The van der Waals surface area contributed by atoms with E-state index in [4.69, 9.17) is 8.83 Å². The number of rotatable bonds is 2. The number of hydrogen-bond donors (Lipinski definition) is 0. The molecule has 10 aromatic rings. The summed E-state index contributed by atoms with van der Waals surface area (Å²) in [6.07, 6.45) is 0. The predicted octanol–water partition coefficient (Wildman–Crippen LogP) is 14.9. The van der Waals surface area contributed by atoms with Crippen LogP contribution in [0.3, 0.4) is 0 Å². The van der Waals surface area contributed by atoms with Crippen molar-refractivity contribution in [1.29, 1.82) is 0 Å². The third-order valence-corrected chi connectivity index (χ3v) is 13.9. The minimum Gasteiger partial charge on any atom is -0.456 e. The Bertz CT molecular complexity index is 3140. The van der Waals surface area contributed by atoms with Crippen LogP contribution in [0.1, 0.15) is 52.7 Å². The maximum absolute atomic E-state index is 6.98. The van der Waals surface area contributed by atoms with Crippen LogP contribution in [0.4, 0.5) is 0 Å². The molecule has 0 saturated heterocycles. The van der Waals surface area contributed by atoms with E-state index in [0.717, 1.165) is 49.4 Å². The monoisotopic (exact) mass is 684 g/mol. The molecule has 2 aromatic heterocycles. The van der Waals surface area contributed by atoms with E-state index in [1.807, 2.05) is 6.07 Å². The summed E-state index contributed by atoms with van der Waals surface area (Å²) in [5, 5.41) is 11.8. The lowest BCUT2D eigenvalue weighted by atomic mass is 9.59. The largest absolute Gasteiger partial charge is 0.456 e. The zero-order valence-corrected chi connectivity index (χ0v) is 31.0. The molecule has 0 N–H and O–H groups in total. The first-order valence-corrected chi connectivity index (χ1v) is 18.9. The first-order valence-electron chi connectivity index (χ1n) is 18.9. The molecule has 53 heavy (non-hydrogen) atoms. The fraction of sp³-hybridized carbons (Fsp3) is 0.176. The van der Waals surface area contributed by atoms with Crippen molar-refractivity contribution in [2.45, 2.75) is 52.4 Å². The molecule has 2 heteroatoms. The lowest BCUT2D eigenvalue weighted by Gasteiger charge is -2.44. The van der Waals surface area contributed by atoms with E-state index in [1.54, 1.807) is 0 Å². The van der Waals surface area contributed by atoms with Crippen molar-refractivity contribution >= 4 is 76.2 Å². The van der Waals surface area contributed by atoms with Crippen LogP contribution in [0.25, 0.3) is 98.4 Å². The highest BCUT2D eigenvalue weighted by Crippen LogP contribution is 2.62. The summed E-state index contributed by atoms with van der Waals surface area (Å²) in [7, 11) is 0. The maximum Gasteiger partial charge on any atom is 0.143 e. The van der Waals surface area contributed by atoms with Crippen molar-refractivity contribution in [2.75, 3.05) is 0 Å². The summed E-state index contributed by atoms with van der Waals surface area (Å²) in [5.74, 6) is 0. The van der Waals surface area contributed by atoms with Crippen LogP contribution in [0, 0.1) is 5.41 Å².